The van der Waals surface area contributed by atoms with E-state index in [1.54, 1.807) is 0 Å². The van der Waals surface area contributed by atoms with Crippen LogP contribution in [-0.4, -0.2) is 30.6 Å². The molecule has 0 aromatic rings. The lowest BCUT2D eigenvalue weighted by atomic mass is 10.1. The normalized spacial score (nSPS) is 10.5. The summed E-state index contributed by atoms with van der Waals surface area (Å²) >= 11 is 0. The van der Waals surface area contributed by atoms with Crippen molar-refractivity contribution in [3.05, 3.63) is 0 Å². The predicted molar refractivity (Wildman–Crippen MR) is 105 cm³/mol. The summed E-state index contributed by atoms with van der Waals surface area (Å²) in [5.74, 6) is 0. The topological polar surface area (TPSA) is 132 Å². The first kappa shape index (κ1) is 29.5. The molecule has 0 aliphatic rings. The minimum absolute atomic E-state index is 0.869. The highest BCUT2D eigenvalue weighted by Crippen LogP contribution is 2.06. The molecule has 7 heteroatoms. The molecule has 0 radical (unpaired) electrons. The first-order valence-corrected chi connectivity index (χ1v) is 11.2. The van der Waals surface area contributed by atoms with Crippen LogP contribution >= 0.6 is 0 Å². The van der Waals surface area contributed by atoms with Crippen LogP contribution in [0.4, 0.5) is 0 Å². The number of hydrogen-bond donors (Lipinski definition) is 2. The zero-order valence-corrected chi connectivity index (χ0v) is 17.3. The van der Waals surface area contributed by atoms with Gasteiger partial charge in [-0.2, -0.15) is 0 Å². The summed E-state index contributed by atoms with van der Waals surface area (Å²) in [5.41, 5.74) is 10.7. The Morgan fingerprint density at radius 3 is 0.960 bits per heavy atom. The summed E-state index contributed by atoms with van der Waals surface area (Å²) in [6.45, 7) is 6.24. The fourth-order valence-electron chi connectivity index (χ4n) is 2.20. The van der Waals surface area contributed by atoms with Crippen molar-refractivity contribution >= 4 is 10.4 Å². The Bertz CT molecular complexity index is 272. The molecule has 156 valence electrons. The van der Waals surface area contributed by atoms with E-state index in [9.17, 15) is 0 Å². The van der Waals surface area contributed by atoms with Gasteiger partial charge in [-0.25, -0.2) is 0 Å². The third kappa shape index (κ3) is 59.4. The Morgan fingerprint density at radius 1 is 0.560 bits per heavy atom. The fraction of sp³-hybridized carbons (Fsp3) is 1.00. The molecular weight excluding hydrogens is 340 g/mol. The minimum atomic E-state index is -5.17. The lowest BCUT2D eigenvalue weighted by Gasteiger charge is -2.06. The first-order valence-electron chi connectivity index (χ1n) is 9.90. The fourth-order valence-corrected chi connectivity index (χ4v) is 2.20. The highest BCUT2D eigenvalue weighted by atomic mass is 32.3. The van der Waals surface area contributed by atoms with E-state index in [0.29, 0.717) is 0 Å². The zero-order chi connectivity index (χ0) is 19.8. The molecule has 0 aromatic carbocycles. The number of unbranched alkanes of at least 4 members (excludes halogenated alkanes) is 12. The summed E-state index contributed by atoms with van der Waals surface area (Å²) in [6.07, 6.45) is 19.0. The van der Waals surface area contributed by atoms with Crippen LogP contribution in [-0.2, 0) is 10.4 Å². The maximum absolute atomic E-state index is 8.52. The van der Waals surface area contributed by atoms with E-state index in [-0.39, 0.29) is 0 Å². The van der Waals surface area contributed by atoms with Crippen molar-refractivity contribution in [1.82, 2.24) is 0 Å². The molecule has 0 aromatic heterocycles. The SMILES string of the molecule is CCCCCCCCCN.CCCCCCCCCN.O=S(=O)([O-])[O-]. The average molecular weight is 383 g/mol. The minimum Gasteiger partial charge on any atom is -0.759 e. The van der Waals surface area contributed by atoms with Crippen molar-refractivity contribution in [3.8, 4) is 0 Å². The van der Waals surface area contributed by atoms with Crippen LogP contribution in [0, 0.1) is 0 Å². The van der Waals surface area contributed by atoms with Crippen molar-refractivity contribution in [2.75, 3.05) is 13.1 Å². The van der Waals surface area contributed by atoms with Gasteiger partial charge >= 0.3 is 0 Å². The van der Waals surface area contributed by atoms with Crippen molar-refractivity contribution in [1.29, 1.82) is 0 Å². The summed E-state index contributed by atoms with van der Waals surface area (Å²) in [5, 5.41) is 0. The van der Waals surface area contributed by atoms with Crippen LogP contribution < -0.4 is 11.5 Å². The number of nitrogens with two attached hydrogens (primary N) is 2. The number of rotatable bonds is 14. The molecule has 0 amide bonds. The van der Waals surface area contributed by atoms with Crippen LogP contribution in [0.5, 0.6) is 0 Å². The van der Waals surface area contributed by atoms with Crippen LogP contribution in [0.2, 0.25) is 0 Å². The highest BCUT2D eigenvalue weighted by Gasteiger charge is 1.88. The van der Waals surface area contributed by atoms with Gasteiger partial charge in [0.2, 0.25) is 0 Å². The molecule has 0 spiro atoms. The van der Waals surface area contributed by atoms with Gasteiger partial charge in [0.05, 0.1) is 0 Å². The van der Waals surface area contributed by atoms with E-state index in [4.69, 9.17) is 29.0 Å². The molecule has 0 saturated carbocycles. The largest absolute Gasteiger partial charge is 0.759 e. The first-order chi connectivity index (χ1) is 11.8. The third-order valence-electron chi connectivity index (χ3n) is 3.62. The molecule has 0 bridgehead atoms. The second kappa shape index (κ2) is 26.0. The molecule has 0 rings (SSSR count). The van der Waals surface area contributed by atoms with E-state index in [2.05, 4.69) is 13.8 Å². The lowest BCUT2D eigenvalue weighted by molar-refractivity contribution is 0.352. The summed E-state index contributed by atoms with van der Waals surface area (Å²) in [6, 6.07) is 0. The molecule has 0 unspecified atom stereocenters. The molecule has 0 heterocycles. The van der Waals surface area contributed by atoms with Crippen molar-refractivity contribution < 1.29 is 17.5 Å². The Labute approximate surface area is 156 Å². The van der Waals surface area contributed by atoms with Gasteiger partial charge < -0.3 is 20.6 Å². The van der Waals surface area contributed by atoms with Crippen LogP contribution in [0.25, 0.3) is 0 Å². The Morgan fingerprint density at radius 2 is 0.760 bits per heavy atom. The van der Waals surface area contributed by atoms with Crippen molar-refractivity contribution in [2.24, 2.45) is 11.5 Å². The summed E-state index contributed by atoms with van der Waals surface area (Å²) in [7, 11) is -5.17. The molecule has 0 fully saturated rings. The smallest absolute Gasteiger partial charge is 0.0311 e. The van der Waals surface area contributed by atoms with Gasteiger partial charge in [-0.15, -0.1) is 0 Å². The Hall–Kier alpha value is -0.210. The van der Waals surface area contributed by atoms with E-state index in [1.807, 2.05) is 0 Å². The molecule has 0 aliphatic carbocycles. The van der Waals surface area contributed by atoms with Gasteiger partial charge in [0.15, 0.2) is 0 Å². The molecule has 6 nitrogen and oxygen atoms in total. The van der Waals surface area contributed by atoms with Gasteiger partial charge in [-0.1, -0.05) is 90.9 Å². The van der Waals surface area contributed by atoms with E-state index in [0.717, 1.165) is 13.1 Å². The average Bonchev–Trinajstić information content (AvgIpc) is 2.53. The molecular formula is C18H42N2O4S-2. The third-order valence-corrected chi connectivity index (χ3v) is 3.62. The molecule has 4 N–H and O–H groups in total. The highest BCUT2D eigenvalue weighted by molar-refractivity contribution is 7.79. The molecule has 25 heavy (non-hydrogen) atoms. The van der Waals surface area contributed by atoms with E-state index in [1.165, 1.54) is 89.9 Å². The maximum Gasteiger partial charge on any atom is 0.0311 e. The number of hydrogen-bond acceptors (Lipinski definition) is 6. The van der Waals surface area contributed by atoms with Gasteiger partial charge in [0, 0.05) is 10.4 Å². The molecule has 0 saturated heterocycles. The Balaban J connectivity index is -0.000000308. The van der Waals surface area contributed by atoms with Gasteiger partial charge in [-0.3, -0.25) is 8.42 Å². The van der Waals surface area contributed by atoms with Crippen LogP contribution in [0.15, 0.2) is 0 Å². The van der Waals surface area contributed by atoms with Gasteiger partial charge in [0.25, 0.3) is 0 Å². The standard InChI is InChI=1S/2C9H21N.H2O4S/c2*1-2-3-4-5-6-7-8-9-10;1-5(2,3)4/h2*2-10H2,1H3;(H2,1,2,3,4)/p-2. The molecule has 0 atom stereocenters. The zero-order valence-electron chi connectivity index (χ0n) is 16.5. The van der Waals surface area contributed by atoms with Crippen molar-refractivity contribution in [3.63, 3.8) is 0 Å². The van der Waals surface area contributed by atoms with Gasteiger partial charge in [0.1, 0.15) is 0 Å². The summed E-state index contributed by atoms with van der Waals surface area (Å²) < 4.78 is 34.1. The monoisotopic (exact) mass is 382 g/mol. The molecule has 0 aliphatic heterocycles. The maximum atomic E-state index is 8.52. The quantitative estimate of drug-likeness (QED) is 0.264. The van der Waals surface area contributed by atoms with Crippen LogP contribution in [0.1, 0.15) is 104 Å². The second-order valence-corrected chi connectivity index (χ2v) is 7.04. The van der Waals surface area contributed by atoms with Gasteiger partial charge in [-0.05, 0) is 25.9 Å². The lowest BCUT2D eigenvalue weighted by Crippen LogP contribution is -1.97. The van der Waals surface area contributed by atoms with E-state index >= 15 is 0 Å². The van der Waals surface area contributed by atoms with Crippen molar-refractivity contribution in [2.45, 2.75) is 104 Å². The predicted octanol–water partition coefficient (Wildman–Crippen LogP) is 4.05. The van der Waals surface area contributed by atoms with Crippen LogP contribution in [0.3, 0.4) is 0 Å². The second-order valence-electron chi connectivity index (χ2n) is 6.23. The summed E-state index contributed by atoms with van der Waals surface area (Å²) in [4.78, 5) is 0. The van der Waals surface area contributed by atoms with E-state index < -0.39 is 10.4 Å². The Kier molecular flexibility index (Phi) is 30.8.